The van der Waals surface area contributed by atoms with Gasteiger partial charge in [0, 0.05) is 0 Å². The monoisotopic (exact) mass is 271 g/mol. The van der Waals surface area contributed by atoms with Gasteiger partial charge >= 0.3 is 12.1 Å². The first-order valence-corrected chi connectivity index (χ1v) is 6.56. The highest BCUT2D eigenvalue weighted by Gasteiger charge is 2.24. The maximum absolute atomic E-state index is 11.7. The Bertz CT molecular complexity index is 331. The van der Waals surface area contributed by atoms with Crippen LogP contribution in [0, 0.1) is 0 Å². The van der Waals surface area contributed by atoms with Crippen molar-refractivity contribution in [2.45, 2.75) is 59.1 Å². The molecule has 0 aliphatic carbocycles. The molecule has 110 valence electrons. The van der Waals surface area contributed by atoms with Crippen molar-refractivity contribution >= 4 is 12.1 Å². The zero-order valence-electron chi connectivity index (χ0n) is 12.5. The highest BCUT2D eigenvalue weighted by atomic mass is 16.6. The number of nitrogens with one attached hydrogen (secondary N) is 1. The van der Waals surface area contributed by atoms with Gasteiger partial charge in [0.1, 0.15) is 5.60 Å². The predicted molar refractivity (Wildman–Crippen MR) is 73.8 cm³/mol. The standard InChI is InChI=1S/C14H25NO4/c1-7-9-11(10(3)12(16)18-8-2)15-13(17)19-14(4,5)6/h11H,3,7-9H2,1-2,4-6H3,(H,15,17)/t11-/m1/s1. The lowest BCUT2D eigenvalue weighted by Crippen LogP contribution is -2.41. The van der Waals surface area contributed by atoms with Crippen LogP contribution in [0.3, 0.4) is 0 Å². The molecule has 5 nitrogen and oxygen atoms in total. The number of alkyl carbamates (subject to hydrolysis) is 1. The fourth-order valence-corrected chi connectivity index (χ4v) is 1.44. The van der Waals surface area contributed by atoms with Gasteiger partial charge < -0.3 is 14.8 Å². The Morgan fingerprint density at radius 1 is 1.26 bits per heavy atom. The summed E-state index contributed by atoms with van der Waals surface area (Å²) in [5.41, 5.74) is -0.332. The van der Waals surface area contributed by atoms with E-state index in [2.05, 4.69) is 11.9 Å². The Hall–Kier alpha value is -1.52. The molecule has 0 radical (unpaired) electrons. The summed E-state index contributed by atoms with van der Waals surface area (Å²) >= 11 is 0. The molecular weight excluding hydrogens is 246 g/mol. The van der Waals surface area contributed by atoms with Crippen LogP contribution < -0.4 is 5.32 Å². The third-order valence-corrected chi connectivity index (χ3v) is 2.23. The molecule has 0 aromatic rings. The average molecular weight is 271 g/mol. The van der Waals surface area contributed by atoms with Gasteiger partial charge in [-0.05, 0) is 34.1 Å². The maximum Gasteiger partial charge on any atom is 0.408 e. The summed E-state index contributed by atoms with van der Waals surface area (Å²) in [6.07, 6.45) is 0.854. The van der Waals surface area contributed by atoms with Crippen molar-refractivity contribution in [1.82, 2.24) is 5.32 Å². The van der Waals surface area contributed by atoms with E-state index in [4.69, 9.17) is 9.47 Å². The molecule has 0 spiro atoms. The molecular formula is C14H25NO4. The summed E-state index contributed by atoms with van der Waals surface area (Å²) in [6.45, 7) is 13.0. The first-order valence-electron chi connectivity index (χ1n) is 6.56. The van der Waals surface area contributed by atoms with Crippen molar-refractivity contribution in [3.63, 3.8) is 0 Å². The minimum absolute atomic E-state index is 0.245. The van der Waals surface area contributed by atoms with Crippen LogP contribution in [-0.4, -0.2) is 30.3 Å². The van der Waals surface area contributed by atoms with E-state index < -0.39 is 23.7 Å². The van der Waals surface area contributed by atoms with Gasteiger partial charge in [-0.25, -0.2) is 9.59 Å². The molecule has 0 aliphatic heterocycles. The molecule has 0 unspecified atom stereocenters. The van der Waals surface area contributed by atoms with E-state index in [0.29, 0.717) is 6.42 Å². The van der Waals surface area contributed by atoms with Crippen LogP contribution in [0.2, 0.25) is 0 Å². The summed E-state index contributed by atoms with van der Waals surface area (Å²) in [7, 11) is 0. The molecule has 0 fully saturated rings. The van der Waals surface area contributed by atoms with E-state index >= 15 is 0 Å². The summed E-state index contributed by atoms with van der Waals surface area (Å²) in [5, 5.41) is 2.65. The van der Waals surface area contributed by atoms with Crippen molar-refractivity contribution in [2.75, 3.05) is 6.61 Å². The SMILES string of the molecule is C=C(C(=O)OCC)[C@@H](CCC)NC(=O)OC(C)(C)C. The quantitative estimate of drug-likeness (QED) is 0.596. The number of amides is 1. The number of esters is 1. The number of carbonyl (C=O) groups excluding carboxylic acids is 2. The van der Waals surface area contributed by atoms with E-state index in [0.717, 1.165) is 6.42 Å². The Labute approximate surface area is 115 Å². The van der Waals surface area contributed by atoms with Crippen LogP contribution in [0.5, 0.6) is 0 Å². The Morgan fingerprint density at radius 2 is 1.84 bits per heavy atom. The number of rotatable bonds is 6. The Morgan fingerprint density at radius 3 is 2.26 bits per heavy atom. The third-order valence-electron chi connectivity index (χ3n) is 2.23. The van der Waals surface area contributed by atoms with E-state index in [1.807, 2.05) is 6.92 Å². The number of hydrogen-bond donors (Lipinski definition) is 1. The molecule has 0 aliphatic rings. The molecule has 0 aromatic carbocycles. The average Bonchev–Trinajstić information content (AvgIpc) is 2.25. The molecule has 1 N–H and O–H groups in total. The third kappa shape index (κ3) is 7.49. The molecule has 0 saturated heterocycles. The van der Waals surface area contributed by atoms with E-state index in [-0.39, 0.29) is 12.2 Å². The topological polar surface area (TPSA) is 64.6 Å². The lowest BCUT2D eigenvalue weighted by Gasteiger charge is -2.24. The van der Waals surface area contributed by atoms with Crippen LogP contribution in [-0.2, 0) is 14.3 Å². The predicted octanol–water partition coefficient (Wildman–Crippen LogP) is 2.80. The van der Waals surface area contributed by atoms with Gasteiger partial charge in [-0.3, -0.25) is 0 Å². The fraction of sp³-hybridized carbons (Fsp3) is 0.714. The first kappa shape index (κ1) is 17.5. The van der Waals surface area contributed by atoms with Gasteiger partial charge in [-0.2, -0.15) is 0 Å². The van der Waals surface area contributed by atoms with Crippen molar-refractivity contribution in [3.8, 4) is 0 Å². The highest BCUT2D eigenvalue weighted by molar-refractivity contribution is 5.90. The van der Waals surface area contributed by atoms with E-state index in [1.54, 1.807) is 27.7 Å². The van der Waals surface area contributed by atoms with Gasteiger partial charge in [0.2, 0.25) is 0 Å². The van der Waals surface area contributed by atoms with Crippen LogP contribution in [0.4, 0.5) is 4.79 Å². The van der Waals surface area contributed by atoms with Crippen molar-refractivity contribution < 1.29 is 19.1 Å². The second kappa shape index (κ2) is 7.81. The number of carbonyl (C=O) groups is 2. The van der Waals surface area contributed by atoms with Crippen LogP contribution in [0.15, 0.2) is 12.2 Å². The molecule has 0 heterocycles. The molecule has 1 amide bonds. The molecule has 0 rings (SSSR count). The van der Waals surface area contributed by atoms with Crippen molar-refractivity contribution in [3.05, 3.63) is 12.2 Å². The maximum atomic E-state index is 11.7. The Kier molecular flexibility index (Phi) is 7.19. The molecule has 5 heteroatoms. The number of hydrogen-bond acceptors (Lipinski definition) is 4. The highest BCUT2D eigenvalue weighted by Crippen LogP contribution is 2.12. The molecule has 0 bridgehead atoms. The Balaban J connectivity index is 4.60. The molecule has 0 aromatic heterocycles. The lowest BCUT2D eigenvalue weighted by molar-refractivity contribution is -0.138. The lowest BCUT2D eigenvalue weighted by atomic mass is 10.0. The first-order chi connectivity index (χ1) is 8.71. The van der Waals surface area contributed by atoms with Gasteiger partial charge in [0.15, 0.2) is 0 Å². The zero-order valence-corrected chi connectivity index (χ0v) is 12.5. The normalized spacial score (nSPS) is 12.5. The van der Waals surface area contributed by atoms with Crippen molar-refractivity contribution in [1.29, 1.82) is 0 Å². The summed E-state index contributed by atoms with van der Waals surface area (Å²) in [5.74, 6) is -0.489. The van der Waals surface area contributed by atoms with Gasteiger partial charge in [-0.15, -0.1) is 0 Å². The zero-order chi connectivity index (χ0) is 15.1. The second-order valence-corrected chi connectivity index (χ2v) is 5.23. The van der Waals surface area contributed by atoms with Crippen LogP contribution in [0.1, 0.15) is 47.5 Å². The van der Waals surface area contributed by atoms with E-state index in [9.17, 15) is 9.59 Å². The van der Waals surface area contributed by atoms with Gasteiger partial charge in [-0.1, -0.05) is 19.9 Å². The fourth-order valence-electron chi connectivity index (χ4n) is 1.44. The van der Waals surface area contributed by atoms with Gasteiger partial charge in [0.05, 0.1) is 18.2 Å². The van der Waals surface area contributed by atoms with Crippen molar-refractivity contribution in [2.24, 2.45) is 0 Å². The van der Waals surface area contributed by atoms with Crippen LogP contribution in [0.25, 0.3) is 0 Å². The second-order valence-electron chi connectivity index (χ2n) is 5.23. The molecule has 1 atom stereocenters. The smallest absolute Gasteiger partial charge is 0.408 e. The largest absolute Gasteiger partial charge is 0.463 e. The minimum atomic E-state index is -0.577. The van der Waals surface area contributed by atoms with Gasteiger partial charge in [0.25, 0.3) is 0 Å². The number of ether oxygens (including phenoxy) is 2. The van der Waals surface area contributed by atoms with Crippen LogP contribution >= 0.6 is 0 Å². The summed E-state index contributed by atoms with van der Waals surface area (Å²) in [4.78, 5) is 23.3. The molecule has 0 saturated carbocycles. The minimum Gasteiger partial charge on any atom is -0.463 e. The van der Waals surface area contributed by atoms with E-state index in [1.165, 1.54) is 0 Å². The summed E-state index contributed by atoms with van der Waals surface area (Å²) < 4.78 is 10.0. The molecule has 19 heavy (non-hydrogen) atoms. The summed E-state index contributed by atoms with van der Waals surface area (Å²) in [6, 6.07) is -0.459.